The van der Waals surface area contributed by atoms with E-state index in [0.29, 0.717) is 10.4 Å². The number of sulfonamides is 1. The van der Waals surface area contributed by atoms with Gasteiger partial charge in [-0.1, -0.05) is 42.0 Å². The van der Waals surface area contributed by atoms with Crippen LogP contribution in [0.25, 0.3) is 0 Å². The molecule has 3 aromatic rings. The number of hydrogen-bond acceptors (Lipinski definition) is 4. The molecule has 0 aliphatic rings. The number of alkyl halides is 3. The molecule has 1 N–H and O–H groups in total. The van der Waals surface area contributed by atoms with E-state index in [-0.39, 0.29) is 10.5 Å². The van der Waals surface area contributed by atoms with Crippen molar-refractivity contribution in [3.63, 3.8) is 0 Å². The van der Waals surface area contributed by atoms with Gasteiger partial charge < -0.3 is 10.2 Å². The third-order valence-corrected chi connectivity index (χ3v) is 8.10. The number of nitrogens with one attached hydrogen (secondary N) is 1. The number of nitrogens with zero attached hydrogens (tertiary/aromatic N) is 2. The van der Waals surface area contributed by atoms with Crippen molar-refractivity contribution >= 4 is 27.5 Å². The molecule has 0 aliphatic heterocycles. The summed E-state index contributed by atoms with van der Waals surface area (Å²) in [7, 11) is -4.57. The van der Waals surface area contributed by atoms with Crippen LogP contribution < -0.4 is 9.62 Å². The first-order chi connectivity index (χ1) is 19.4. The number of anilines is 1. The van der Waals surface area contributed by atoms with E-state index in [9.17, 15) is 35.6 Å². The van der Waals surface area contributed by atoms with Gasteiger partial charge in [0.25, 0.3) is 10.0 Å². The SMILES string of the molecule is Cc1ccc(S(=O)(=O)N(CC(=O)N(Cc2ccccc2F)C(C)C(=O)NC(C)(C)C)c2cccc(C(F)(F)F)c2)cc1. The third kappa shape index (κ3) is 8.09. The van der Waals surface area contributed by atoms with E-state index in [1.807, 2.05) is 0 Å². The van der Waals surface area contributed by atoms with Gasteiger partial charge in [0.1, 0.15) is 18.4 Å². The molecule has 0 spiro atoms. The average molecular weight is 608 g/mol. The molecule has 0 saturated heterocycles. The molecule has 0 radical (unpaired) electrons. The number of benzene rings is 3. The van der Waals surface area contributed by atoms with Crippen molar-refractivity contribution in [3.8, 4) is 0 Å². The topological polar surface area (TPSA) is 86.8 Å². The Labute approximate surface area is 243 Å². The maximum Gasteiger partial charge on any atom is 0.416 e. The minimum absolute atomic E-state index is 0.0632. The van der Waals surface area contributed by atoms with Gasteiger partial charge in [0, 0.05) is 17.6 Å². The van der Waals surface area contributed by atoms with Crippen molar-refractivity contribution in [1.82, 2.24) is 10.2 Å². The number of rotatable bonds is 9. The minimum atomic E-state index is -4.78. The molecule has 3 aromatic carbocycles. The Hall–Kier alpha value is -3.93. The lowest BCUT2D eigenvalue weighted by Gasteiger charge is -2.33. The molecule has 1 atom stereocenters. The Morgan fingerprint density at radius 3 is 2.12 bits per heavy atom. The summed E-state index contributed by atoms with van der Waals surface area (Å²) < 4.78 is 83.5. The van der Waals surface area contributed by atoms with Crippen molar-refractivity contribution in [2.45, 2.75) is 63.8 Å². The number of carbonyl (C=O) groups excluding carboxylic acids is 2. The maximum atomic E-state index is 14.6. The molecule has 226 valence electrons. The molecule has 0 aromatic heterocycles. The van der Waals surface area contributed by atoms with Crippen molar-refractivity contribution < 1.29 is 35.6 Å². The van der Waals surface area contributed by atoms with Gasteiger partial charge in [-0.05, 0) is 71.0 Å². The summed E-state index contributed by atoms with van der Waals surface area (Å²) in [5, 5.41) is 2.74. The van der Waals surface area contributed by atoms with Crippen LogP contribution in [0.1, 0.15) is 44.4 Å². The normalized spacial score (nSPS) is 12.9. The number of aryl methyl sites for hydroxylation is 1. The van der Waals surface area contributed by atoms with Gasteiger partial charge in [-0.3, -0.25) is 13.9 Å². The molecule has 0 saturated carbocycles. The van der Waals surface area contributed by atoms with Crippen LogP contribution in [0, 0.1) is 12.7 Å². The van der Waals surface area contributed by atoms with Gasteiger partial charge in [-0.2, -0.15) is 13.2 Å². The zero-order chi connectivity index (χ0) is 31.5. The van der Waals surface area contributed by atoms with Crippen molar-refractivity contribution in [2.75, 3.05) is 10.8 Å². The second kappa shape index (κ2) is 12.5. The second-order valence-electron chi connectivity index (χ2n) is 10.9. The van der Waals surface area contributed by atoms with Gasteiger partial charge in [-0.15, -0.1) is 0 Å². The molecular formula is C30H33F4N3O4S. The summed E-state index contributed by atoms with van der Waals surface area (Å²) in [5.74, 6) is -2.16. The molecule has 0 fully saturated rings. The third-order valence-electron chi connectivity index (χ3n) is 6.31. The Morgan fingerprint density at radius 2 is 1.55 bits per heavy atom. The highest BCUT2D eigenvalue weighted by molar-refractivity contribution is 7.92. The Kier molecular flexibility index (Phi) is 9.71. The Bertz CT molecular complexity index is 1540. The van der Waals surface area contributed by atoms with E-state index in [1.54, 1.807) is 27.7 Å². The molecule has 42 heavy (non-hydrogen) atoms. The zero-order valence-electron chi connectivity index (χ0n) is 23.9. The summed E-state index contributed by atoms with van der Waals surface area (Å²) in [6.45, 7) is 6.96. The smallest absolute Gasteiger partial charge is 0.350 e. The number of amides is 2. The van der Waals surface area contributed by atoms with Gasteiger partial charge in [-0.25, -0.2) is 12.8 Å². The molecule has 0 heterocycles. The lowest BCUT2D eigenvalue weighted by atomic mass is 10.1. The van der Waals surface area contributed by atoms with Gasteiger partial charge in [0.2, 0.25) is 11.8 Å². The molecule has 2 amide bonds. The van der Waals surface area contributed by atoms with Crippen LogP contribution in [-0.2, 0) is 32.3 Å². The first kappa shape index (κ1) is 32.6. The van der Waals surface area contributed by atoms with Crippen molar-refractivity contribution in [2.24, 2.45) is 0 Å². The molecule has 7 nitrogen and oxygen atoms in total. The maximum absolute atomic E-state index is 14.6. The first-order valence-corrected chi connectivity index (χ1v) is 14.5. The predicted octanol–water partition coefficient (Wildman–Crippen LogP) is 5.68. The second-order valence-corrected chi connectivity index (χ2v) is 12.8. The summed E-state index contributed by atoms with van der Waals surface area (Å²) in [6.07, 6.45) is -4.78. The standard InChI is InChI=1S/C30H33F4N3O4S/c1-20-13-15-25(16-14-20)42(40,41)37(24-11-8-10-23(17-24)30(32,33)34)19-27(38)36(18-22-9-6-7-12-26(22)31)21(2)28(39)35-29(3,4)5/h6-17,21H,18-19H2,1-5H3,(H,35,39). The average Bonchev–Trinajstić information content (AvgIpc) is 2.89. The molecular weight excluding hydrogens is 574 g/mol. The van der Waals surface area contributed by atoms with Crippen LogP contribution in [0.3, 0.4) is 0 Å². The predicted molar refractivity (Wildman–Crippen MR) is 151 cm³/mol. The fourth-order valence-corrected chi connectivity index (χ4v) is 5.48. The fourth-order valence-electron chi connectivity index (χ4n) is 4.07. The van der Waals surface area contributed by atoms with Crippen LogP contribution in [0.5, 0.6) is 0 Å². The van der Waals surface area contributed by atoms with E-state index in [4.69, 9.17) is 0 Å². The highest BCUT2D eigenvalue weighted by Gasteiger charge is 2.36. The number of halogens is 4. The van der Waals surface area contributed by atoms with Gasteiger partial charge >= 0.3 is 6.18 Å². The fraction of sp³-hybridized carbons (Fsp3) is 0.333. The van der Waals surface area contributed by atoms with Gasteiger partial charge in [0.05, 0.1) is 16.1 Å². The number of hydrogen-bond donors (Lipinski definition) is 1. The van der Waals surface area contributed by atoms with E-state index in [0.717, 1.165) is 28.7 Å². The Morgan fingerprint density at radius 1 is 0.929 bits per heavy atom. The lowest BCUT2D eigenvalue weighted by molar-refractivity contribution is -0.140. The summed E-state index contributed by atoms with van der Waals surface area (Å²) in [6, 6.07) is 13.6. The van der Waals surface area contributed by atoms with E-state index in [2.05, 4.69) is 5.32 Å². The summed E-state index contributed by atoms with van der Waals surface area (Å²) in [4.78, 5) is 27.7. The molecule has 1 unspecified atom stereocenters. The van der Waals surface area contributed by atoms with Crippen molar-refractivity contribution in [3.05, 3.63) is 95.3 Å². The summed E-state index contributed by atoms with van der Waals surface area (Å²) in [5.41, 5.74) is -1.40. The largest absolute Gasteiger partial charge is 0.416 e. The first-order valence-electron chi connectivity index (χ1n) is 13.0. The minimum Gasteiger partial charge on any atom is -0.350 e. The van der Waals surface area contributed by atoms with Crippen LogP contribution in [0.2, 0.25) is 0 Å². The highest BCUT2D eigenvalue weighted by atomic mass is 32.2. The molecule has 3 rings (SSSR count). The van der Waals surface area contributed by atoms with E-state index < -0.39 is 69.8 Å². The van der Waals surface area contributed by atoms with Crippen LogP contribution >= 0.6 is 0 Å². The van der Waals surface area contributed by atoms with Crippen molar-refractivity contribution in [1.29, 1.82) is 0 Å². The van der Waals surface area contributed by atoms with E-state index in [1.165, 1.54) is 55.5 Å². The lowest BCUT2D eigenvalue weighted by Crippen LogP contribution is -2.54. The summed E-state index contributed by atoms with van der Waals surface area (Å²) >= 11 is 0. The van der Waals surface area contributed by atoms with Crippen LogP contribution in [0.15, 0.2) is 77.7 Å². The molecule has 0 bridgehead atoms. The monoisotopic (exact) mass is 607 g/mol. The van der Waals surface area contributed by atoms with E-state index >= 15 is 0 Å². The molecule has 12 heteroatoms. The van der Waals surface area contributed by atoms with Gasteiger partial charge in [0.15, 0.2) is 0 Å². The zero-order valence-corrected chi connectivity index (χ0v) is 24.7. The molecule has 0 aliphatic carbocycles. The number of carbonyl (C=O) groups is 2. The quantitative estimate of drug-likeness (QED) is 0.317. The van der Waals surface area contributed by atoms with Crippen LogP contribution in [-0.4, -0.2) is 43.3 Å². The Balaban J connectivity index is 2.11. The van der Waals surface area contributed by atoms with Crippen LogP contribution in [0.4, 0.5) is 23.2 Å². The highest BCUT2D eigenvalue weighted by Crippen LogP contribution is 2.33.